The van der Waals surface area contributed by atoms with E-state index in [1.165, 1.54) is 5.57 Å². The largest absolute Gasteiger partial charge is 0.417 e. The highest BCUT2D eigenvalue weighted by molar-refractivity contribution is 6.74. The van der Waals surface area contributed by atoms with Crippen molar-refractivity contribution in [1.29, 1.82) is 0 Å². The van der Waals surface area contributed by atoms with Gasteiger partial charge < -0.3 is 4.43 Å². The number of fused-ring (bicyclic) bond motifs is 1. The van der Waals surface area contributed by atoms with Crippen LogP contribution in [0.3, 0.4) is 0 Å². The third kappa shape index (κ3) is 6.86. The highest BCUT2D eigenvalue weighted by Crippen LogP contribution is 2.36. The number of imide groups is 1. The fourth-order valence-corrected chi connectivity index (χ4v) is 4.33. The van der Waals surface area contributed by atoms with Crippen LogP contribution >= 0.6 is 0 Å². The van der Waals surface area contributed by atoms with Gasteiger partial charge in [0.1, 0.15) is 0 Å². The summed E-state index contributed by atoms with van der Waals surface area (Å²) in [6, 6.07) is 6.88. The number of hydroxylamine groups is 2. The molecule has 172 valence electrons. The lowest BCUT2D eigenvalue weighted by molar-refractivity contribution is -0.136. The van der Waals surface area contributed by atoms with Crippen LogP contribution in [0.25, 0.3) is 0 Å². The van der Waals surface area contributed by atoms with Gasteiger partial charge in [-0.05, 0) is 76.2 Å². The second kappa shape index (κ2) is 10.7. The first kappa shape index (κ1) is 25.5. The van der Waals surface area contributed by atoms with Gasteiger partial charge in [-0.15, -0.1) is 5.06 Å². The Balaban J connectivity index is 1.93. The van der Waals surface area contributed by atoms with Gasteiger partial charge in [0.05, 0.1) is 17.2 Å². The molecule has 0 saturated carbocycles. The molecule has 1 aliphatic rings. The molecule has 0 fully saturated rings. The maximum absolute atomic E-state index is 12.7. The maximum atomic E-state index is 12.7. The molecule has 0 bridgehead atoms. The van der Waals surface area contributed by atoms with Gasteiger partial charge >= 0.3 is 0 Å². The topological polar surface area (TPSA) is 55.8 Å². The van der Waals surface area contributed by atoms with Crippen LogP contribution < -0.4 is 0 Å². The quantitative estimate of drug-likeness (QED) is 0.168. The van der Waals surface area contributed by atoms with Gasteiger partial charge in [-0.2, -0.15) is 0 Å². The number of hydrogen-bond donors (Lipinski definition) is 0. The molecule has 1 heterocycles. The molecular weight excluding hydrogens is 406 g/mol. The SMILES string of the molecule is CC(C)=CCCC(CCCCO[Si](C)(C)C(C)(C)C)ON1C(=O)c2ccccc2C1=O. The summed E-state index contributed by atoms with van der Waals surface area (Å²) in [6.07, 6.45) is 6.25. The Labute approximate surface area is 188 Å². The molecule has 31 heavy (non-hydrogen) atoms. The zero-order chi connectivity index (χ0) is 23.2. The van der Waals surface area contributed by atoms with Crippen molar-refractivity contribution < 1.29 is 18.9 Å². The van der Waals surface area contributed by atoms with Gasteiger partial charge in [0, 0.05) is 6.61 Å². The smallest absolute Gasteiger partial charge is 0.285 e. The Morgan fingerprint density at radius 2 is 1.61 bits per heavy atom. The number of benzene rings is 1. The van der Waals surface area contributed by atoms with Gasteiger partial charge in [-0.1, -0.05) is 44.6 Å². The van der Waals surface area contributed by atoms with E-state index in [0.29, 0.717) is 11.1 Å². The lowest BCUT2D eigenvalue weighted by Crippen LogP contribution is -2.41. The molecule has 0 N–H and O–H groups in total. The summed E-state index contributed by atoms with van der Waals surface area (Å²) in [5.41, 5.74) is 2.08. The molecular formula is C25H39NO4Si. The summed E-state index contributed by atoms with van der Waals surface area (Å²) in [6.45, 7) is 16.1. The molecule has 1 unspecified atom stereocenters. The van der Waals surface area contributed by atoms with E-state index in [2.05, 4.69) is 53.8 Å². The normalized spacial score (nSPS) is 15.3. The van der Waals surface area contributed by atoms with Gasteiger partial charge in [0.25, 0.3) is 11.8 Å². The van der Waals surface area contributed by atoms with Crippen LogP contribution in [0.15, 0.2) is 35.9 Å². The fourth-order valence-electron chi connectivity index (χ4n) is 3.24. The predicted molar refractivity (Wildman–Crippen MR) is 127 cm³/mol. The minimum Gasteiger partial charge on any atom is -0.417 e. The Morgan fingerprint density at radius 1 is 1.03 bits per heavy atom. The van der Waals surface area contributed by atoms with Crippen molar-refractivity contribution in [3.8, 4) is 0 Å². The molecule has 0 aromatic heterocycles. The number of unbranched alkanes of at least 4 members (excludes halogenated alkanes) is 1. The van der Waals surface area contributed by atoms with Crippen molar-refractivity contribution in [2.75, 3.05) is 6.61 Å². The molecule has 1 aromatic carbocycles. The van der Waals surface area contributed by atoms with Crippen LogP contribution in [-0.2, 0) is 9.26 Å². The van der Waals surface area contributed by atoms with Crippen LogP contribution in [0.2, 0.25) is 18.1 Å². The number of amides is 2. The Bertz CT molecular complexity index is 771. The van der Waals surface area contributed by atoms with Crippen LogP contribution in [0.5, 0.6) is 0 Å². The van der Waals surface area contributed by atoms with Crippen molar-refractivity contribution in [2.45, 2.75) is 91.0 Å². The van der Waals surface area contributed by atoms with E-state index >= 15 is 0 Å². The molecule has 1 aliphatic heterocycles. The fraction of sp³-hybridized carbons (Fsp3) is 0.600. The average Bonchev–Trinajstić information content (AvgIpc) is 2.91. The summed E-state index contributed by atoms with van der Waals surface area (Å²) in [4.78, 5) is 31.3. The maximum Gasteiger partial charge on any atom is 0.285 e. The number of nitrogens with zero attached hydrogens (tertiary/aromatic N) is 1. The number of carbonyl (C=O) groups is 2. The molecule has 1 aromatic rings. The first-order valence-corrected chi connectivity index (χ1v) is 14.3. The van der Waals surface area contributed by atoms with Gasteiger partial charge in [-0.25, -0.2) is 0 Å². The van der Waals surface area contributed by atoms with Gasteiger partial charge in [0.15, 0.2) is 8.32 Å². The molecule has 0 saturated heterocycles. The minimum absolute atomic E-state index is 0.189. The minimum atomic E-state index is -1.74. The van der Waals surface area contributed by atoms with Crippen LogP contribution in [0, 0.1) is 0 Å². The molecule has 2 amide bonds. The standard InChI is InChI=1S/C25H39NO4Si/c1-19(2)13-12-15-20(14-10-11-18-29-31(6,7)25(3,4)5)30-26-23(27)21-16-8-9-17-22(21)24(26)28/h8-9,13,16-17,20H,10-12,14-15,18H2,1-7H3. The van der Waals surface area contributed by atoms with Crippen molar-refractivity contribution >= 4 is 20.1 Å². The summed E-state index contributed by atoms with van der Waals surface area (Å²) >= 11 is 0. The van der Waals surface area contributed by atoms with Crippen molar-refractivity contribution in [2.24, 2.45) is 0 Å². The zero-order valence-electron chi connectivity index (χ0n) is 20.3. The van der Waals surface area contributed by atoms with Crippen molar-refractivity contribution in [1.82, 2.24) is 5.06 Å². The average molecular weight is 446 g/mol. The van der Waals surface area contributed by atoms with E-state index < -0.39 is 8.32 Å². The third-order valence-electron chi connectivity index (χ3n) is 6.24. The Kier molecular flexibility index (Phi) is 8.80. The first-order chi connectivity index (χ1) is 14.4. The Hall–Kier alpha value is -1.76. The number of allylic oxidation sites excluding steroid dienone is 2. The van der Waals surface area contributed by atoms with Gasteiger partial charge in [0.2, 0.25) is 0 Å². The van der Waals surface area contributed by atoms with E-state index in [1.54, 1.807) is 24.3 Å². The Morgan fingerprint density at radius 3 is 2.13 bits per heavy atom. The third-order valence-corrected chi connectivity index (χ3v) is 10.8. The van der Waals surface area contributed by atoms with E-state index in [0.717, 1.165) is 43.8 Å². The molecule has 1 atom stereocenters. The van der Waals surface area contributed by atoms with E-state index in [1.807, 2.05) is 0 Å². The molecule has 0 radical (unpaired) electrons. The van der Waals surface area contributed by atoms with E-state index in [4.69, 9.17) is 9.26 Å². The summed E-state index contributed by atoms with van der Waals surface area (Å²) in [5, 5.41) is 1.17. The monoisotopic (exact) mass is 445 g/mol. The van der Waals surface area contributed by atoms with E-state index in [-0.39, 0.29) is 23.0 Å². The van der Waals surface area contributed by atoms with Crippen LogP contribution in [0.4, 0.5) is 0 Å². The van der Waals surface area contributed by atoms with Crippen molar-refractivity contribution in [3.63, 3.8) is 0 Å². The van der Waals surface area contributed by atoms with Gasteiger partial charge in [-0.3, -0.25) is 14.4 Å². The summed E-state index contributed by atoms with van der Waals surface area (Å²) < 4.78 is 6.27. The number of carbonyl (C=O) groups excluding carboxylic acids is 2. The highest BCUT2D eigenvalue weighted by atomic mass is 28.4. The summed E-state index contributed by atoms with van der Waals surface area (Å²) in [7, 11) is -1.74. The molecule has 0 aliphatic carbocycles. The second-order valence-electron chi connectivity index (χ2n) is 10.1. The lowest BCUT2D eigenvalue weighted by Gasteiger charge is -2.36. The number of hydrogen-bond acceptors (Lipinski definition) is 4. The number of rotatable bonds is 11. The van der Waals surface area contributed by atoms with Crippen LogP contribution in [-0.4, -0.2) is 37.9 Å². The van der Waals surface area contributed by atoms with Crippen molar-refractivity contribution in [3.05, 3.63) is 47.0 Å². The second-order valence-corrected chi connectivity index (χ2v) is 15.0. The van der Waals surface area contributed by atoms with E-state index in [9.17, 15) is 9.59 Å². The lowest BCUT2D eigenvalue weighted by atomic mass is 10.1. The van der Waals surface area contributed by atoms with Crippen LogP contribution in [0.1, 0.15) is 87.4 Å². The first-order valence-electron chi connectivity index (χ1n) is 11.4. The zero-order valence-corrected chi connectivity index (χ0v) is 21.3. The molecule has 2 rings (SSSR count). The summed E-state index contributed by atoms with van der Waals surface area (Å²) in [5.74, 6) is -0.733. The predicted octanol–water partition coefficient (Wildman–Crippen LogP) is 6.52. The molecule has 5 nitrogen and oxygen atoms in total. The molecule has 0 spiro atoms. The highest BCUT2D eigenvalue weighted by Gasteiger charge is 2.38. The molecule has 6 heteroatoms.